The van der Waals surface area contributed by atoms with Crippen molar-refractivity contribution < 1.29 is 14.6 Å². The van der Waals surface area contributed by atoms with E-state index in [-0.39, 0.29) is 41.3 Å². The number of rotatable bonds is 2. The van der Waals surface area contributed by atoms with Crippen LogP contribution < -0.4 is 0 Å². The minimum absolute atomic E-state index is 0.00161. The molecule has 0 radical (unpaired) electrons. The Bertz CT molecular complexity index is 756. The molecule has 3 nitrogen and oxygen atoms in total. The standard InChI is InChI=1S/C25H36O3/c1-15(2)10-19-11-17(4)25(28-19)9-8-24(5)13-20-18(14-26)12-21(27)23(20)16(3)6-7-22(24)25/h6,10,12,17,19-20,22-23,26H,7-9,11,13-14H2,1-5H3. The maximum absolute atomic E-state index is 12.6. The molecule has 2 fully saturated rings. The van der Waals surface area contributed by atoms with Gasteiger partial charge in [-0.05, 0) is 87.7 Å². The fourth-order valence-corrected chi connectivity index (χ4v) is 7.02. The normalized spacial score (nSPS) is 45.2. The highest BCUT2D eigenvalue weighted by Gasteiger charge is 2.61. The Morgan fingerprint density at radius 2 is 2.11 bits per heavy atom. The number of aliphatic hydroxyl groups excluding tert-OH is 1. The molecule has 0 bridgehead atoms. The summed E-state index contributed by atoms with van der Waals surface area (Å²) in [5.41, 5.74) is 3.54. The van der Waals surface area contributed by atoms with E-state index < -0.39 is 0 Å². The topological polar surface area (TPSA) is 46.5 Å². The number of hydrogen-bond acceptors (Lipinski definition) is 3. The lowest BCUT2D eigenvalue weighted by molar-refractivity contribution is -0.118. The summed E-state index contributed by atoms with van der Waals surface area (Å²) in [6.07, 6.45) is 11.9. The largest absolute Gasteiger partial charge is 0.392 e. The molecular formula is C25H36O3. The van der Waals surface area contributed by atoms with Gasteiger partial charge in [0.15, 0.2) is 5.78 Å². The molecule has 0 aromatic rings. The average molecular weight is 385 g/mol. The number of fused-ring (bicyclic) bond motifs is 3. The third kappa shape index (κ3) is 2.97. The Morgan fingerprint density at radius 3 is 2.79 bits per heavy atom. The van der Waals surface area contributed by atoms with Gasteiger partial charge in [0.2, 0.25) is 0 Å². The van der Waals surface area contributed by atoms with Gasteiger partial charge in [-0.3, -0.25) is 4.79 Å². The van der Waals surface area contributed by atoms with Gasteiger partial charge >= 0.3 is 0 Å². The van der Waals surface area contributed by atoms with Crippen molar-refractivity contribution in [1.82, 2.24) is 0 Å². The van der Waals surface area contributed by atoms with Crippen LogP contribution >= 0.6 is 0 Å². The first-order chi connectivity index (χ1) is 13.2. The molecule has 1 spiro atoms. The maximum Gasteiger partial charge on any atom is 0.163 e. The minimum atomic E-state index is -0.0585. The summed E-state index contributed by atoms with van der Waals surface area (Å²) in [6.45, 7) is 11.2. The van der Waals surface area contributed by atoms with Crippen molar-refractivity contribution >= 4 is 5.78 Å². The maximum atomic E-state index is 12.6. The zero-order valence-corrected chi connectivity index (χ0v) is 18.1. The number of carbonyl (C=O) groups is 1. The van der Waals surface area contributed by atoms with Gasteiger partial charge in [-0.15, -0.1) is 0 Å². The summed E-state index contributed by atoms with van der Waals surface area (Å²) >= 11 is 0. The highest BCUT2D eigenvalue weighted by molar-refractivity contribution is 5.97. The van der Waals surface area contributed by atoms with Crippen molar-refractivity contribution in [1.29, 1.82) is 0 Å². The molecule has 28 heavy (non-hydrogen) atoms. The lowest BCUT2D eigenvalue weighted by atomic mass is 9.62. The van der Waals surface area contributed by atoms with Crippen LogP contribution in [-0.2, 0) is 9.53 Å². The van der Waals surface area contributed by atoms with Crippen molar-refractivity contribution in [3.8, 4) is 0 Å². The zero-order chi connectivity index (χ0) is 20.3. The molecule has 4 rings (SSSR count). The van der Waals surface area contributed by atoms with Crippen molar-refractivity contribution in [3.05, 3.63) is 34.9 Å². The number of aliphatic hydroxyl groups is 1. The van der Waals surface area contributed by atoms with Gasteiger partial charge in [0.1, 0.15) is 0 Å². The lowest BCUT2D eigenvalue weighted by Crippen LogP contribution is -2.44. The van der Waals surface area contributed by atoms with Crippen LogP contribution in [0, 0.1) is 29.1 Å². The summed E-state index contributed by atoms with van der Waals surface area (Å²) < 4.78 is 6.85. The fraction of sp³-hybridized carbons (Fsp3) is 0.720. The van der Waals surface area contributed by atoms with Crippen LogP contribution in [0.15, 0.2) is 34.9 Å². The van der Waals surface area contributed by atoms with Gasteiger partial charge in [-0.1, -0.05) is 37.1 Å². The van der Waals surface area contributed by atoms with E-state index in [2.05, 4.69) is 46.8 Å². The summed E-state index contributed by atoms with van der Waals surface area (Å²) in [5, 5.41) is 9.89. The molecule has 4 aliphatic rings. The van der Waals surface area contributed by atoms with E-state index >= 15 is 0 Å². The van der Waals surface area contributed by atoms with Crippen molar-refractivity contribution in [3.63, 3.8) is 0 Å². The van der Waals surface area contributed by atoms with Gasteiger partial charge in [0.25, 0.3) is 0 Å². The van der Waals surface area contributed by atoms with E-state index in [1.54, 1.807) is 6.08 Å². The molecule has 0 aromatic heterocycles. The van der Waals surface area contributed by atoms with Gasteiger partial charge in [0.05, 0.1) is 18.3 Å². The summed E-state index contributed by atoms with van der Waals surface area (Å²) in [6, 6.07) is 0. The molecule has 3 heteroatoms. The molecule has 1 saturated carbocycles. The Morgan fingerprint density at radius 1 is 1.36 bits per heavy atom. The molecule has 1 heterocycles. The number of hydrogen-bond donors (Lipinski definition) is 1. The van der Waals surface area contributed by atoms with Crippen LogP contribution in [0.25, 0.3) is 0 Å². The highest BCUT2D eigenvalue weighted by Crippen LogP contribution is 2.63. The third-order valence-corrected chi connectivity index (χ3v) is 8.38. The van der Waals surface area contributed by atoms with Crippen LogP contribution in [-0.4, -0.2) is 29.2 Å². The summed E-state index contributed by atoms with van der Waals surface area (Å²) in [5.74, 6) is 1.30. The van der Waals surface area contributed by atoms with E-state index in [1.165, 1.54) is 11.1 Å². The predicted octanol–water partition coefficient (Wildman–Crippen LogP) is 5.01. The van der Waals surface area contributed by atoms with E-state index in [1.807, 2.05) is 0 Å². The second-order valence-corrected chi connectivity index (χ2v) is 10.5. The molecule has 0 aromatic carbocycles. The van der Waals surface area contributed by atoms with Gasteiger partial charge in [-0.2, -0.15) is 0 Å². The predicted molar refractivity (Wildman–Crippen MR) is 112 cm³/mol. The van der Waals surface area contributed by atoms with Crippen molar-refractivity contribution in [2.75, 3.05) is 6.61 Å². The molecular weight excluding hydrogens is 348 g/mol. The van der Waals surface area contributed by atoms with Gasteiger partial charge in [-0.25, -0.2) is 0 Å². The Hall–Kier alpha value is -1.19. The number of allylic oxidation sites excluding steroid dienone is 4. The molecule has 1 N–H and O–H groups in total. The van der Waals surface area contributed by atoms with Crippen LogP contribution in [0.3, 0.4) is 0 Å². The number of ether oxygens (including phenoxy) is 1. The number of carbonyl (C=O) groups excluding carboxylic acids is 1. The SMILES string of the molecule is CC(C)=CC1CC(C)C2(CCC3(C)CC4C(CO)=CC(=O)C4C(C)=CCC32)O1. The molecule has 7 atom stereocenters. The fourth-order valence-electron chi connectivity index (χ4n) is 7.02. The van der Waals surface area contributed by atoms with E-state index in [4.69, 9.17) is 4.74 Å². The summed E-state index contributed by atoms with van der Waals surface area (Å²) in [4.78, 5) is 12.6. The van der Waals surface area contributed by atoms with Crippen LogP contribution in [0.2, 0.25) is 0 Å². The van der Waals surface area contributed by atoms with Crippen LogP contribution in [0.4, 0.5) is 0 Å². The van der Waals surface area contributed by atoms with E-state index in [0.29, 0.717) is 11.8 Å². The summed E-state index contributed by atoms with van der Waals surface area (Å²) in [7, 11) is 0. The Labute approximate surface area is 169 Å². The van der Waals surface area contributed by atoms with E-state index in [9.17, 15) is 9.90 Å². The average Bonchev–Trinajstić information content (AvgIpc) is 3.17. The third-order valence-electron chi connectivity index (χ3n) is 8.38. The van der Waals surface area contributed by atoms with Crippen molar-refractivity contribution in [2.45, 2.75) is 78.4 Å². The first-order valence-electron chi connectivity index (χ1n) is 11.0. The first kappa shape index (κ1) is 20.1. The van der Waals surface area contributed by atoms with Gasteiger partial charge < -0.3 is 9.84 Å². The molecule has 7 unspecified atom stereocenters. The molecule has 0 amide bonds. The Balaban J connectivity index is 1.70. The first-order valence-corrected chi connectivity index (χ1v) is 11.0. The molecule has 154 valence electrons. The van der Waals surface area contributed by atoms with E-state index in [0.717, 1.165) is 37.7 Å². The monoisotopic (exact) mass is 384 g/mol. The van der Waals surface area contributed by atoms with Crippen molar-refractivity contribution in [2.24, 2.45) is 29.1 Å². The minimum Gasteiger partial charge on any atom is -0.392 e. The molecule has 1 aliphatic heterocycles. The Kier molecular flexibility index (Phi) is 4.99. The van der Waals surface area contributed by atoms with Crippen LogP contribution in [0.1, 0.15) is 66.7 Å². The van der Waals surface area contributed by atoms with Gasteiger partial charge in [0, 0.05) is 5.92 Å². The lowest BCUT2D eigenvalue weighted by Gasteiger charge is -2.44. The molecule has 3 aliphatic carbocycles. The quantitative estimate of drug-likeness (QED) is 0.681. The second kappa shape index (κ2) is 6.95. The highest BCUT2D eigenvalue weighted by atomic mass is 16.5. The van der Waals surface area contributed by atoms with Crippen LogP contribution in [0.5, 0.6) is 0 Å². The zero-order valence-electron chi connectivity index (χ0n) is 18.1. The smallest absolute Gasteiger partial charge is 0.163 e. The number of ketones is 1. The molecule has 1 saturated heterocycles. The second-order valence-electron chi connectivity index (χ2n) is 10.5.